The summed E-state index contributed by atoms with van der Waals surface area (Å²) in [4.78, 5) is 56.2. The van der Waals surface area contributed by atoms with Gasteiger partial charge in [-0.3, -0.25) is 19.2 Å². The molecule has 0 aliphatic carbocycles. The van der Waals surface area contributed by atoms with Crippen LogP contribution in [0.3, 0.4) is 0 Å². The molecule has 35 heavy (non-hydrogen) atoms. The van der Waals surface area contributed by atoms with Gasteiger partial charge in [0.05, 0.1) is 28.4 Å². The summed E-state index contributed by atoms with van der Waals surface area (Å²) in [6, 6.07) is 16.4. The van der Waals surface area contributed by atoms with E-state index < -0.39 is 35.8 Å². The number of anilines is 1. The van der Waals surface area contributed by atoms with Crippen LogP contribution in [0.5, 0.6) is 5.75 Å². The van der Waals surface area contributed by atoms with Gasteiger partial charge in [0, 0.05) is 13.1 Å². The van der Waals surface area contributed by atoms with Gasteiger partial charge in [0.2, 0.25) is 11.8 Å². The van der Waals surface area contributed by atoms with Crippen LogP contribution in [0.1, 0.15) is 33.8 Å². The van der Waals surface area contributed by atoms with Crippen molar-refractivity contribution in [3.63, 3.8) is 0 Å². The molecule has 0 spiro atoms. The molecule has 0 N–H and O–H groups in total. The van der Waals surface area contributed by atoms with Gasteiger partial charge in [-0.25, -0.2) is 4.90 Å². The Labute approximate surface area is 205 Å². The summed E-state index contributed by atoms with van der Waals surface area (Å²) in [6.45, 7) is 1.30. The van der Waals surface area contributed by atoms with E-state index >= 15 is 0 Å². The quantitative estimate of drug-likeness (QED) is 0.240. The summed E-state index contributed by atoms with van der Waals surface area (Å²) < 4.78 is 5.07. The highest BCUT2D eigenvalue weighted by atomic mass is 32.1. The fourth-order valence-electron chi connectivity index (χ4n) is 5.51. The molecule has 0 unspecified atom stereocenters. The van der Waals surface area contributed by atoms with Crippen molar-refractivity contribution in [2.24, 2.45) is 11.8 Å². The lowest BCUT2D eigenvalue weighted by molar-refractivity contribution is -0.132. The molecule has 4 heterocycles. The van der Waals surface area contributed by atoms with E-state index in [1.807, 2.05) is 52.9 Å². The number of esters is 1. The van der Waals surface area contributed by atoms with Gasteiger partial charge in [0.25, 0.3) is 0 Å². The number of thiophene rings is 1. The van der Waals surface area contributed by atoms with Crippen LogP contribution < -0.4 is 9.64 Å². The average molecular weight is 485 g/mol. The summed E-state index contributed by atoms with van der Waals surface area (Å²) in [7, 11) is 0. The molecule has 2 fully saturated rings. The maximum Gasteiger partial charge on any atom is 0.308 e. The van der Waals surface area contributed by atoms with Crippen LogP contribution in [-0.2, 0) is 14.4 Å². The second-order valence-electron chi connectivity index (χ2n) is 8.77. The smallest absolute Gasteiger partial charge is 0.308 e. The number of Topliss-reactive ketones (excluding diaryl/α,β-unsaturated/α-hetero) is 1. The molecule has 1 aromatic heterocycles. The number of hydrogen-bond acceptors (Lipinski definition) is 7. The number of carbonyl (C=O) groups is 4. The molecule has 6 rings (SSSR count). The predicted molar refractivity (Wildman–Crippen MR) is 130 cm³/mol. The second kappa shape index (κ2) is 8.02. The fraction of sp³-hybridized carbons (Fsp3) is 0.185. The standard InChI is InChI=1S/C27H20N2O5S/c1-15(30)34-18-10-8-17(9-11-18)29-26(32)21-22(27(29)33)24(25(31)20-7-4-14-35-20)28-13-12-16-5-2-3-6-19(16)23(21)28/h2-14,21-24H,1H3/t21-,22+,23+,24-/m0/s1. The molecule has 0 saturated carbocycles. The summed E-state index contributed by atoms with van der Waals surface area (Å²) in [5.41, 5.74) is 2.29. The highest BCUT2D eigenvalue weighted by Crippen LogP contribution is 2.53. The zero-order valence-electron chi connectivity index (χ0n) is 18.7. The molecule has 8 heteroatoms. The molecule has 4 atom stereocenters. The van der Waals surface area contributed by atoms with E-state index in [0.717, 1.165) is 11.1 Å². The SMILES string of the molecule is CC(=O)Oc1ccc(N2C(=O)[C@@H]3[C@H](C2=O)[C@H]2c4ccccc4C=CN2[C@@H]3C(=O)c2cccs2)cc1. The largest absolute Gasteiger partial charge is 0.427 e. The summed E-state index contributed by atoms with van der Waals surface area (Å²) >= 11 is 1.33. The van der Waals surface area contributed by atoms with Gasteiger partial charge in [-0.15, -0.1) is 11.3 Å². The molecule has 0 radical (unpaired) electrons. The van der Waals surface area contributed by atoms with E-state index in [4.69, 9.17) is 4.74 Å². The van der Waals surface area contributed by atoms with Gasteiger partial charge in [0.15, 0.2) is 5.78 Å². The molecule has 0 bridgehead atoms. The molecule has 174 valence electrons. The zero-order valence-corrected chi connectivity index (χ0v) is 19.5. The topological polar surface area (TPSA) is 84.0 Å². The summed E-state index contributed by atoms with van der Waals surface area (Å²) in [6.07, 6.45) is 3.78. The van der Waals surface area contributed by atoms with Gasteiger partial charge >= 0.3 is 5.97 Å². The van der Waals surface area contributed by atoms with Crippen LogP contribution in [0, 0.1) is 11.8 Å². The predicted octanol–water partition coefficient (Wildman–Crippen LogP) is 4.07. The van der Waals surface area contributed by atoms with Gasteiger partial charge in [0.1, 0.15) is 11.8 Å². The van der Waals surface area contributed by atoms with Crippen molar-refractivity contribution >= 4 is 46.7 Å². The van der Waals surface area contributed by atoms with Crippen molar-refractivity contribution in [3.05, 3.63) is 88.2 Å². The van der Waals surface area contributed by atoms with Crippen LogP contribution in [0.2, 0.25) is 0 Å². The van der Waals surface area contributed by atoms with Gasteiger partial charge in [-0.1, -0.05) is 30.3 Å². The van der Waals surface area contributed by atoms with Crippen LogP contribution in [-0.4, -0.2) is 34.5 Å². The minimum Gasteiger partial charge on any atom is -0.427 e. The number of rotatable bonds is 4. The lowest BCUT2D eigenvalue weighted by Crippen LogP contribution is -2.44. The van der Waals surface area contributed by atoms with Crippen molar-refractivity contribution in [2.45, 2.75) is 19.0 Å². The van der Waals surface area contributed by atoms with E-state index in [2.05, 4.69) is 0 Å². The van der Waals surface area contributed by atoms with Crippen LogP contribution >= 0.6 is 11.3 Å². The number of carbonyl (C=O) groups excluding carboxylic acids is 4. The van der Waals surface area contributed by atoms with Gasteiger partial charge in [-0.2, -0.15) is 0 Å². The minimum atomic E-state index is -0.814. The zero-order chi connectivity index (χ0) is 24.3. The van der Waals surface area contributed by atoms with E-state index in [1.165, 1.54) is 23.2 Å². The van der Waals surface area contributed by atoms with E-state index in [0.29, 0.717) is 16.3 Å². The van der Waals surface area contributed by atoms with Crippen LogP contribution in [0.15, 0.2) is 72.2 Å². The first kappa shape index (κ1) is 21.5. The molecule has 3 aliphatic heterocycles. The number of hydrogen-bond donors (Lipinski definition) is 0. The van der Waals surface area contributed by atoms with E-state index in [9.17, 15) is 19.2 Å². The Morgan fingerprint density at radius 1 is 0.914 bits per heavy atom. The fourth-order valence-corrected chi connectivity index (χ4v) is 6.20. The molecular weight excluding hydrogens is 464 g/mol. The number of ether oxygens (including phenoxy) is 1. The number of fused-ring (bicyclic) bond motifs is 5. The minimum absolute atomic E-state index is 0.158. The second-order valence-corrected chi connectivity index (χ2v) is 9.72. The number of benzene rings is 2. The monoisotopic (exact) mass is 484 g/mol. The Morgan fingerprint density at radius 3 is 2.37 bits per heavy atom. The molecule has 2 saturated heterocycles. The van der Waals surface area contributed by atoms with E-state index in [-0.39, 0.29) is 11.7 Å². The first-order valence-electron chi connectivity index (χ1n) is 11.2. The van der Waals surface area contributed by atoms with Gasteiger partial charge in [-0.05, 0) is 52.9 Å². The normalized spacial score (nSPS) is 24.3. The van der Waals surface area contributed by atoms with Crippen molar-refractivity contribution in [3.8, 4) is 5.75 Å². The highest BCUT2D eigenvalue weighted by molar-refractivity contribution is 7.12. The van der Waals surface area contributed by atoms with Crippen LogP contribution in [0.4, 0.5) is 5.69 Å². The van der Waals surface area contributed by atoms with Crippen molar-refractivity contribution < 1.29 is 23.9 Å². The average Bonchev–Trinajstić information content (AvgIpc) is 3.56. The summed E-state index contributed by atoms with van der Waals surface area (Å²) in [5.74, 6) is -2.53. The third-order valence-corrected chi connectivity index (χ3v) is 7.74. The number of ketones is 1. The third-order valence-electron chi connectivity index (χ3n) is 6.85. The molecule has 2 amide bonds. The van der Waals surface area contributed by atoms with Crippen LogP contribution in [0.25, 0.3) is 6.08 Å². The summed E-state index contributed by atoms with van der Waals surface area (Å²) in [5, 5.41) is 1.83. The maximum absolute atomic E-state index is 13.8. The first-order chi connectivity index (χ1) is 17.0. The Balaban J connectivity index is 1.44. The molecule has 3 aromatic rings. The Bertz CT molecular complexity index is 1400. The van der Waals surface area contributed by atoms with Gasteiger partial charge < -0.3 is 9.64 Å². The molecule has 3 aliphatic rings. The first-order valence-corrected chi connectivity index (χ1v) is 12.1. The Hall–Kier alpha value is -4.04. The number of nitrogens with zero attached hydrogens (tertiary/aromatic N) is 2. The Morgan fingerprint density at radius 2 is 1.66 bits per heavy atom. The maximum atomic E-state index is 13.8. The highest BCUT2D eigenvalue weighted by Gasteiger charge is 2.64. The molecule has 2 aromatic carbocycles. The van der Waals surface area contributed by atoms with Crippen molar-refractivity contribution in [1.29, 1.82) is 0 Å². The van der Waals surface area contributed by atoms with Crippen molar-refractivity contribution in [2.75, 3.05) is 4.90 Å². The third kappa shape index (κ3) is 3.24. The molecular formula is C27H20N2O5S. The Kier molecular flexibility index (Phi) is 4.93. The molecule has 7 nitrogen and oxygen atoms in total. The number of imide groups is 1. The lowest BCUT2D eigenvalue weighted by atomic mass is 9.84. The van der Waals surface area contributed by atoms with Crippen molar-refractivity contribution in [1.82, 2.24) is 4.90 Å². The lowest BCUT2D eigenvalue weighted by Gasteiger charge is -2.35. The number of amides is 2. The van der Waals surface area contributed by atoms with E-state index in [1.54, 1.807) is 30.3 Å².